The topological polar surface area (TPSA) is 57.9 Å². The molecule has 0 aliphatic carbocycles. The highest BCUT2D eigenvalue weighted by atomic mass is 35.5. The summed E-state index contributed by atoms with van der Waals surface area (Å²) in [6, 6.07) is 7.52. The smallest absolute Gasteiger partial charge is 0.260 e. The van der Waals surface area contributed by atoms with Gasteiger partial charge in [0, 0.05) is 36.8 Å². The van der Waals surface area contributed by atoms with Gasteiger partial charge in [0.25, 0.3) is 5.17 Å². The second-order valence-corrected chi connectivity index (χ2v) is 7.60. The maximum Gasteiger partial charge on any atom is 0.260 e. The Bertz CT molecular complexity index is 791. The maximum atomic E-state index is 5.94. The number of ether oxygens (including phenoxy) is 1. The highest BCUT2D eigenvalue weighted by Gasteiger charge is 2.28. The van der Waals surface area contributed by atoms with E-state index in [1.807, 2.05) is 24.3 Å². The second-order valence-electron chi connectivity index (χ2n) is 6.81. The fraction of sp³-hybridized carbons (Fsp3) is 0.500. The molecule has 0 radical (unpaired) electrons. The van der Waals surface area contributed by atoms with Crippen molar-refractivity contribution in [3.05, 3.63) is 35.2 Å². The zero-order chi connectivity index (χ0) is 18.8. The second kappa shape index (κ2) is 8.10. The van der Waals surface area contributed by atoms with Gasteiger partial charge in [-0.2, -0.15) is 4.98 Å². The third-order valence-electron chi connectivity index (χ3n) is 5.07. The van der Waals surface area contributed by atoms with Crippen molar-refractivity contribution in [1.29, 1.82) is 0 Å². The van der Waals surface area contributed by atoms with Crippen molar-refractivity contribution in [2.45, 2.75) is 13.0 Å². The Balaban J connectivity index is 1.33. The molecule has 0 bridgehead atoms. The van der Waals surface area contributed by atoms with E-state index in [9.17, 15) is 0 Å². The van der Waals surface area contributed by atoms with Crippen molar-refractivity contribution in [3.63, 3.8) is 0 Å². The Morgan fingerprint density at radius 3 is 2.56 bits per heavy atom. The molecule has 2 aliphatic rings. The molecule has 9 heteroatoms. The molecule has 7 nitrogen and oxygen atoms in total. The van der Waals surface area contributed by atoms with Gasteiger partial charge >= 0.3 is 0 Å². The average molecular weight is 408 g/mol. The maximum absolute atomic E-state index is 5.94. The first kappa shape index (κ1) is 18.6. The first-order chi connectivity index (χ1) is 13.1. The van der Waals surface area contributed by atoms with Gasteiger partial charge in [0.15, 0.2) is 0 Å². The van der Waals surface area contributed by atoms with Gasteiger partial charge in [-0.3, -0.25) is 9.80 Å². The van der Waals surface area contributed by atoms with Crippen molar-refractivity contribution in [2.24, 2.45) is 0 Å². The summed E-state index contributed by atoms with van der Waals surface area (Å²) in [5, 5.41) is 5.43. The van der Waals surface area contributed by atoms with Crippen LogP contribution in [0.15, 0.2) is 28.8 Å². The number of benzene rings is 1. The van der Waals surface area contributed by atoms with E-state index in [1.54, 1.807) is 0 Å². The molecule has 27 heavy (non-hydrogen) atoms. The van der Waals surface area contributed by atoms with Crippen molar-refractivity contribution in [3.8, 4) is 11.4 Å². The van der Waals surface area contributed by atoms with Crippen LogP contribution in [0.3, 0.4) is 0 Å². The third kappa shape index (κ3) is 4.24. The molecule has 2 aromatic rings. The molecule has 0 spiro atoms. The van der Waals surface area contributed by atoms with Gasteiger partial charge in [-0.25, -0.2) is 0 Å². The molecule has 2 fully saturated rings. The van der Waals surface area contributed by atoms with Crippen LogP contribution in [0.5, 0.6) is 0 Å². The zero-order valence-corrected chi connectivity index (χ0v) is 16.7. The molecule has 4 rings (SSSR count). The highest BCUT2D eigenvalue weighted by Crippen LogP contribution is 2.24. The van der Waals surface area contributed by atoms with Crippen molar-refractivity contribution in [2.75, 3.05) is 46.0 Å². The molecule has 2 saturated heterocycles. The van der Waals surface area contributed by atoms with Gasteiger partial charge in [0.2, 0.25) is 11.7 Å². The van der Waals surface area contributed by atoms with Crippen LogP contribution in [-0.2, 0) is 4.74 Å². The van der Waals surface area contributed by atoms with Gasteiger partial charge in [0.05, 0.1) is 19.3 Å². The van der Waals surface area contributed by atoms with E-state index >= 15 is 0 Å². The van der Waals surface area contributed by atoms with Crippen LogP contribution in [0.4, 0.5) is 0 Å². The molecule has 0 unspecified atom stereocenters. The normalized spacial score (nSPS) is 20.1. The quantitative estimate of drug-likeness (QED) is 0.701. The first-order valence-electron chi connectivity index (χ1n) is 9.08. The van der Waals surface area contributed by atoms with Crippen LogP contribution in [0.2, 0.25) is 5.02 Å². The lowest BCUT2D eigenvalue weighted by molar-refractivity contribution is 0.0696. The Morgan fingerprint density at radius 1 is 1.15 bits per heavy atom. The van der Waals surface area contributed by atoms with E-state index in [2.05, 4.69) is 31.8 Å². The lowest BCUT2D eigenvalue weighted by Gasteiger charge is -2.38. The summed E-state index contributed by atoms with van der Waals surface area (Å²) in [4.78, 5) is 11.5. The number of aromatic nitrogens is 2. The molecule has 1 aromatic heterocycles. The standard InChI is InChI=1S/C18H22ClN5O2S/c1-13(17-20-16(21-26-17)14-2-4-15(19)5-3-14)23-8-6-22(7-9-23)12-24-10-11-25-18(24)27/h2-5,13H,6-12H2,1H3/t13-/m1/s1. The Morgan fingerprint density at radius 2 is 1.89 bits per heavy atom. The number of thiocarbonyl (C=S) groups is 1. The van der Waals surface area contributed by atoms with Gasteiger partial charge < -0.3 is 14.2 Å². The Hall–Kier alpha value is -1.74. The van der Waals surface area contributed by atoms with Gasteiger partial charge in [-0.1, -0.05) is 16.8 Å². The summed E-state index contributed by atoms with van der Waals surface area (Å²) >= 11 is 11.2. The molecule has 0 N–H and O–H groups in total. The number of nitrogens with zero attached hydrogens (tertiary/aromatic N) is 5. The predicted octanol–water partition coefficient (Wildman–Crippen LogP) is 2.64. The molecule has 0 amide bonds. The van der Waals surface area contributed by atoms with E-state index in [4.69, 9.17) is 33.1 Å². The Kier molecular flexibility index (Phi) is 5.58. The highest BCUT2D eigenvalue weighted by molar-refractivity contribution is 7.80. The van der Waals surface area contributed by atoms with Crippen LogP contribution in [-0.4, -0.2) is 76.0 Å². The van der Waals surface area contributed by atoms with Crippen LogP contribution in [0.25, 0.3) is 11.4 Å². The summed E-state index contributed by atoms with van der Waals surface area (Å²) in [6.07, 6.45) is 0. The monoisotopic (exact) mass is 407 g/mol. The predicted molar refractivity (Wildman–Crippen MR) is 106 cm³/mol. The summed E-state index contributed by atoms with van der Waals surface area (Å²) in [5.74, 6) is 1.23. The number of halogens is 1. The molecule has 144 valence electrons. The van der Waals surface area contributed by atoms with Crippen LogP contribution >= 0.6 is 23.8 Å². The molecule has 0 saturated carbocycles. The number of hydrogen-bond donors (Lipinski definition) is 0. The summed E-state index contributed by atoms with van der Waals surface area (Å²) in [6.45, 7) is 8.36. The summed E-state index contributed by atoms with van der Waals surface area (Å²) in [5.41, 5.74) is 0.898. The summed E-state index contributed by atoms with van der Waals surface area (Å²) in [7, 11) is 0. The van der Waals surface area contributed by atoms with Crippen molar-refractivity contribution < 1.29 is 9.26 Å². The molecule has 2 aliphatic heterocycles. The van der Waals surface area contributed by atoms with Gasteiger partial charge in [-0.15, -0.1) is 0 Å². The fourth-order valence-corrected chi connectivity index (χ4v) is 3.72. The van der Waals surface area contributed by atoms with E-state index < -0.39 is 0 Å². The molecular weight excluding hydrogens is 386 g/mol. The average Bonchev–Trinajstić information content (AvgIpc) is 3.32. The minimum Gasteiger partial charge on any atom is -0.469 e. The van der Waals surface area contributed by atoms with Crippen LogP contribution in [0.1, 0.15) is 18.9 Å². The van der Waals surface area contributed by atoms with E-state index in [0.29, 0.717) is 28.5 Å². The lowest BCUT2D eigenvalue weighted by atomic mass is 10.2. The number of hydrogen-bond acceptors (Lipinski definition) is 7. The van der Waals surface area contributed by atoms with Crippen molar-refractivity contribution >= 4 is 29.0 Å². The van der Waals surface area contributed by atoms with Gasteiger partial charge in [0.1, 0.15) is 6.61 Å². The van der Waals surface area contributed by atoms with Crippen LogP contribution < -0.4 is 0 Å². The van der Waals surface area contributed by atoms with Gasteiger partial charge in [-0.05, 0) is 43.4 Å². The minimum atomic E-state index is 0.0805. The molecule has 1 atom stereocenters. The zero-order valence-electron chi connectivity index (χ0n) is 15.2. The summed E-state index contributed by atoms with van der Waals surface area (Å²) < 4.78 is 10.9. The molecular formula is C18H22ClN5O2S. The van der Waals surface area contributed by atoms with Crippen molar-refractivity contribution in [1.82, 2.24) is 24.8 Å². The first-order valence-corrected chi connectivity index (χ1v) is 9.86. The van der Waals surface area contributed by atoms with E-state index in [1.165, 1.54) is 0 Å². The largest absolute Gasteiger partial charge is 0.469 e. The van der Waals surface area contributed by atoms with E-state index in [0.717, 1.165) is 45.0 Å². The number of piperazine rings is 1. The molecule has 1 aromatic carbocycles. The Labute approximate surface area is 168 Å². The van der Waals surface area contributed by atoms with Crippen LogP contribution in [0, 0.1) is 0 Å². The minimum absolute atomic E-state index is 0.0805. The third-order valence-corrected chi connectivity index (χ3v) is 5.70. The fourth-order valence-electron chi connectivity index (χ4n) is 3.36. The lowest BCUT2D eigenvalue weighted by Crippen LogP contribution is -2.50. The number of rotatable bonds is 5. The van der Waals surface area contributed by atoms with E-state index in [-0.39, 0.29) is 6.04 Å². The molecule has 3 heterocycles. The SMILES string of the molecule is C[C@H](c1nc(-c2ccc(Cl)cc2)no1)N1CCN(CN2CCOC2=S)CC1.